The Morgan fingerprint density at radius 3 is 2.33 bits per heavy atom. The van der Waals surface area contributed by atoms with E-state index >= 15 is 0 Å². The summed E-state index contributed by atoms with van der Waals surface area (Å²) in [6, 6.07) is 6.69. The van der Waals surface area contributed by atoms with Crippen LogP contribution in [0.25, 0.3) is 16.6 Å². The summed E-state index contributed by atoms with van der Waals surface area (Å²) in [5.41, 5.74) is -2.19. The third-order valence-electron chi connectivity index (χ3n) is 3.48. The van der Waals surface area contributed by atoms with E-state index in [0.29, 0.717) is 0 Å². The second-order valence-electron chi connectivity index (χ2n) is 4.98. The number of carboxylic acids is 1. The molecule has 0 radical (unpaired) electrons. The molecular weight excluding hydrogens is 325 g/mol. The Labute approximate surface area is 132 Å². The number of alkyl halides is 3. The van der Waals surface area contributed by atoms with Gasteiger partial charge in [-0.1, -0.05) is 6.07 Å². The number of aromatic nitrogens is 2. The van der Waals surface area contributed by atoms with Crippen LogP contribution < -0.4 is 5.56 Å². The van der Waals surface area contributed by atoms with Crippen LogP contribution in [0.1, 0.15) is 15.9 Å². The van der Waals surface area contributed by atoms with Gasteiger partial charge in [0.1, 0.15) is 5.56 Å². The van der Waals surface area contributed by atoms with Crippen LogP contribution in [0.15, 0.2) is 53.6 Å². The lowest BCUT2D eigenvalue weighted by molar-refractivity contribution is -0.137. The number of carboxylic acid groups (broad SMARTS) is 1. The molecular formula is C16H9F3N2O3. The summed E-state index contributed by atoms with van der Waals surface area (Å²) in [7, 11) is 0. The van der Waals surface area contributed by atoms with E-state index in [9.17, 15) is 27.9 Å². The van der Waals surface area contributed by atoms with Gasteiger partial charge in [0.15, 0.2) is 0 Å². The van der Waals surface area contributed by atoms with Crippen molar-refractivity contribution in [2.75, 3.05) is 0 Å². The highest BCUT2D eigenvalue weighted by Gasteiger charge is 2.31. The number of aromatic carboxylic acids is 1. The van der Waals surface area contributed by atoms with Gasteiger partial charge in [0.2, 0.25) is 0 Å². The summed E-state index contributed by atoms with van der Waals surface area (Å²) < 4.78 is 39.8. The Balaban J connectivity index is 2.46. The quantitative estimate of drug-likeness (QED) is 0.782. The topological polar surface area (TPSA) is 72.2 Å². The summed E-state index contributed by atoms with van der Waals surface area (Å²) in [5, 5.41) is 9.38. The number of nitrogens with zero attached hydrogens (tertiary/aromatic N) is 2. The first-order valence-corrected chi connectivity index (χ1v) is 6.70. The number of rotatable bonds is 2. The van der Waals surface area contributed by atoms with Gasteiger partial charge in [-0.3, -0.25) is 14.3 Å². The summed E-state index contributed by atoms with van der Waals surface area (Å²) in [6.07, 6.45) is -1.87. The number of hydrogen-bond acceptors (Lipinski definition) is 3. The largest absolute Gasteiger partial charge is 0.477 e. The summed E-state index contributed by atoms with van der Waals surface area (Å²) in [6.45, 7) is 0. The SMILES string of the molecule is O=C(O)c1cc2ccc(C(F)(F)F)cc2n(-c2ccncc2)c1=O. The van der Waals surface area contributed by atoms with E-state index < -0.39 is 28.8 Å². The Morgan fingerprint density at radius 2 is 1.75 bits per heavy atom. The Kier molecular flexibility index (Phi) is 3.59. The van der Waals surface area contributed by atoms with E-state index in [-0.39, 0.29) is 16.6 Å². The van der Waals surface area contributed by atoms with Crippen molar-refractivity contribution in [1.29, 1.82) is 0 Å². The zero-order chi connectivity index (χ0) is 17.5. The Morgan fingerprint density at radius 1 is 1.08 bits per heavy atom. The summed E-state index contributed by atoms with van der Waals surface area (Å²) in [5.74, 6) is -1.45. The van der Waals surface area contributed by atoms with Crippen molar-refractivity contribution in [3.8, 4) is 5.69 Å². The molecule has 0 saturated heterocycles. The second kappa shape index (κ2) is 5.48. The van der Waals surface area contributed by atoms with Crippen molar-refractivity contribution < 1.29 is 23.1 Å². The standard InChI is InChI=1S/C16H9F3N2O3/c17-16(18,19)10-2-1-9-7-12(15(23)24)14(22)21(13(9)8-10)11-3-5-20-6-4-11/h1-8H,(H,23,24). The lowest BCUT2D eigenvalue weighted by Gasteiger charge is -2.14. The van der Waals surface area contributed by atoms with Crippen molar-refractivity contribution in [2.45, 2.75) is 6.18 Å². The average Bonchev–Trinajstić information content (AvgIpc) is 2.53. The van der Waals surface area contributed by atoms with E-state index in [1.54, 1.807) is 0 Å². The fraction of sp³-hybridized carbons (Fsp3) is 0.0625. The lowest BCUT2D eigenvalue weighted by atomic mass is 10.1. The molecule has 0 aliphatic heterocycles. The van der Waals surface area contributed by atoms with Gasteiger partial charge in [-0.15, -0.1) is 0 Å². The molecule has 0 unspecified atom stereocenters. The minimum absolute atomic E-state index is 0.0361. The van der Waals surface area contributed by atoms with Gasteiger partial charge in [0.25, 0.3) is 5.56 Å². The van der Waals surface area contributed by atoms with Crippen LogP contribution in [0.4, 0.5) is 13.2 Å². The molecule has 2 heterocycles. The molecule has 1 N–H and O–H groups in total. The number of fused-ring (bicyclic) bond motifs is 1. The van der Waals surface area contributed by atoms with Gasteiger partial charge < -0.3 is 5.11 Å². The number of halogens is 3. The molecule has 0 spiro atoms. The third-order valence-corrected chi connectivity index (χ3v) is 3.48. The normalized spacial score (nSPS) is 11.6. The van der Waals surface area contributed by atoms with Crippen LogP contribution in [0.3, 0.4) is 0 Å². The highest BCUT2D eigenvalue weighted by molar-refractivity contribution is 5.93. The molecule has 3 rings (SSSR count). The smallest absolute Gasteiger partial charge is 0.416 e. The molecule has 0 amide bonds. The van der Waals surface area contributed by atoms with E-state index in [0.717, 1.165) is 28.8 Å². The van der Waals surface area contributed by atoms with Gasteiger partial charge in [-0.05, 0) is 35.7 Å². The summed E-state index contributed by atoms with van der Waals surface area (Å²) in [4.78, 5) is 27.5. The molecule has 8 heteroatoms. The van der Waals surface area contributed by atoms with Crippen LogP contribution in [-0.4, -0.2) is 20.6 Å². The first-order valence-electron chi connectivity index (χ1n) is 6.70. The van der Waals surface area contributed by atoms with Gasteiger partial charge in [-0.25, -0.2) is 4.79 Å². The molecule has 2 aromatic heterocycles. The van der Waals surface area contributed by atoms with Crippen LogP contribution in [0, 0.1) is 0 Å². The van der Waals surface area contributed by atoms with E-state index in [1.807, 2.05) is 0 Å². The lowest BCUT2D eigenvalue weighted by Crippen LogP contribution is -2.25. The number of benzene rings is 1. The van der Waals surface area contributed by atoms with E-state index in [2.05, 4.69) is 4.98 Å². The van der Waals surface area contributed by atoms with Gasteiger partial charge in [0, 0.05) is 12.4 Å². The molecule has 122 valence electrons. The van der Waals surface area contributed by atoms with E-state index in [4.69, 9.17) is 0 Å². The monoisotopic (exact) mass is 334 g/mol. The van der Waals surface area contributed by atoms with Gasteiger partial charge in [0.05, 0.1) is 16.8 Å². The molecule has 5 nitrogen and oxygen atoms in total. The maximum Gasteiger partial charge on any atom is 0.416 e. The van der Waals surface area contributed by atoms with Crippen molar-refractivity contribution in [3.05, 3.63) is 70.3 Å². The number of carbonyl (C=O) groups is 1. The number of hydrogen-bond donors (Lipinski definition) is 1. The Bertz CT molecular complexity index is 995. The molecule has 24 heavy (non-hydrogen) atoms. The fourth-order valence-electron chi connectivity index (χ4n) is 2.39. The van der Waals surface area contributed by atoms with Crippen molar-refractivity contribution in [2.24, 2.45) is 0 Å². The first kappa shape index (κ1) is 15.7. The first-order chi connectivity index (χ1) is 11.3. The van der Waals surface area contributed by atoms with Crippen molar-refractivity contribution >= 4 is 16.9 Å². The second-order valence-corrected chi connectivity index (χ2v) is 4.98. The molecule has 3 aromatic rings. The number of pyridine rings is 2. The highest BCUT2D eigenvalue weighted by atomic mass is 19.4. The maximum atomic E-state index is 13.0. The van der Waals surface area contributed by atoms with Gasteiger partial charge in [-0.2, -0.15) is 13.2 Å². The average molecular weight is 334 g/mol. The third kappa shape index (κ3) is 2.62. The van der Waals surface area contributed by atoms with Crippen LogP contribution in [-0.2, 0) is 6.18 Å². The maximum absolute atomic E-state index is 13.0. The molecule has 0 fully saturated rings. The Hall–Kier alpha value is -3.16. The minimum atomic E-state index is -4.58. The molecule has 0 atom stereocenters. The molecule has 0 aliphatic rings. The van der Waals surface area contributed by atoms with E-state index in [1.165, 1.54) is 24.5 Å². The molecule has 0 bridgehead atoms. The fourth-order valence-corrected chi connectivity index (χ4v) is 2.39. The molecule has 1 aromatic carbocycles. The van der Waals surface area contributed by atoms with Crippen LogP contribution in [0.2, 0.25) is 0 Å². The zero-order valence-electron chi connectivity index (χ0n) is 11.9. The highest BCUT2D eigenvalue weighted by Crippen LogP contribution is 2.31. The van der Waals surface area contributed by atoms with Crippen LogP contribution >= 0.6 is 0 Å². The molecule has 0 aliphatic carbocycles. The minimum Gasteiger partial charge on any atom is -0.477 e. The van der Waals surface area contributed by atoms with Gasteiger partial charge >= 0.3 is 12.1 Å². The van der Waals surface area contributed by atoms with Crippen molar-refractivity contribution in [1.82, 2.24) is 9.55 Å². The summed E-state index contributed by atoms with van der Waals surface area (Å²) >= 11 is 0. The predicted molar refractivity (Wildman–Crippen MR) is 79.3 cm³/mol. The molecule has 0 saturated carbocycles. The van der Waals surface area contributed by atoms with Crippen molar-refractivity contribution in [3.63, 3.8) is 0 Å². The zero-order valence-corrected chi connectivity index (χ0v) is 11.9. The predicted octanol–water partition coefficient (Wildman–Crippen LogP) is 3.10. The van der Waals surface area contributed by atoms with Crippen LogP contribution in [0.5, 0.6) is 0 Å².